The van der Waals surface area contributed by atoms with Crippen LogP contribution < -0.4 is 15.4 Å². The van der Waals surface area contributed by atoms with Gasteiger partial charge in [0.05, 0.1) is 23.8 Å². The molecule has 1 heterocycles. The second-order valence-corrected chi connectivity index (χ2v) is 5.33. The number of benzene rings is 2. The third kappa shape index (κ3) is 3.37. The fourth-order valence-corrected chi connectivity index (χ4v) is 2.29. The average molecular weight is 328 g/mol. The number of aliphatic hydroxyl groups excluding tert-OH is 2. The molecule has 2 aromatic rings. The van der Waals surface area contributed by atoms with Crippen molar-refractivity contribution in [3.63, 3.8) is 0 Å². The first kappa shape index (κ1) is 16.0. The van der Waals surface area contributed by atoms with Crippen molar-refractivity contribution in [1.29, 1.82) is 0 Å². The fourth-order valence-electron chi connectivity index (χ4n) is 2.29. The Morgan fingerprint density at radius 2 is 1.67 bits per heavy atom. The van der Waals surface area contributed by atoms with Crippen LogP contribution in [0.5, 0.6) is 11.5 Å². The number of aliphatic hydroxyl groups is 2. The molecule has 1 atom stereocenters. The highest BCUT2D eigenvalue weighted by atomic mass is 16.5. The zero-order chi connectivity index (χ0) is 17.1. The highest BCUT2D eigenvalue weighted by Crippen LogP contribution is 2.27. The van der Waals surface area contributed by atoms with Crippen LogP contribution in [-0.4, -0.2) is 41.3 Å². The number of rotatable bonds is 6. The summed E-state index contributed by atoms with van der Waals surface area (Å²) in [7, 11) is 0. The van der Waals surface area contributed by atoms with Crippen molar-refractivity contribution in [3.8, 4) is 11.5 Å². The molecule has 0 spiro atoms. The molecule has 3 rings (SSSR count). The summed E-state index contributed by atoms with van der Waals surface area (Å²) in [6, 6.07) is 11.7. The van der Waals surface area contributed by atoms with Crippen LogP contribution in [0.3, 0.4) is 0 Å². The molecule has 124 valence electrons. The Kier molecular flexibility index (Phi) is 4.45. The van der Waals surface area contributed by atoms with Crippen molar-refractivity contribution >= 4 is 17.5 Å². The minimum Gasteiger partial charge on any atom is -0.457 e. The molecule has 1 aliphatic rings. The summed E-state index contributed by atoms with van der Waals surface area (Å²) in [5, 5.41) is 23.3. The maximum Gasteiger partial charge on any atom is 0.259 e. The predicted octanol–water partition coefficient (Wildman–Crippen LogP) is 1.13. The first-order valence-electron chi connectivity index (χ1n) is 7.37. The average Bonchev–Trinajstić information content (AvgIpc) is 2.88. The molecule has 24 heavy (non-hydrogen) atoms. The van der Waals surface area contributed by atoms with Crippen molar-refractivity contribution in [1.82, 2.24) is 5.32 Å². The van der Waals surface area contributed by atoms with Crippen LogP contribution in [0.15, 0.2) is 42.5 Å². The summed E-state index contributed by atoms with van der Waals surface area (Å²) in [6.45, 7) is -0.0622. The van der Waals surface area contributed by atoms with Crippen LogP contribution in [0, 0.1) is 0 Å². The van der Waals surface area contributed by atoms with Gasteiger partial charge in [-0.1, -0.05) is 0 Å². The lowest BCUT2D eigenvalue weighted by molar-refractivity contribution is 0.0879. The first-order valence-corrected chi connectivity index (χ1v) is 7.37. The van der Waals surface area contributed by atoms with Gasteiger partial charge >= 0.3 is 0 Å². The monoisotopic (exact) mass is 328 g/mol. The van der Waals surface area contributed by atoms with Crippen LogP contribution in [0.1, 0.15) is 20.7 Å². The first-order chi connectivity index (χ1) is 11.6. The number of hydrogen-bond donors (Lipinski definition) is 4. The minimum atomic E-state index is -0.818. The number of fused-ring (bicyclic) bond motifs is 1. The second kappa shape index (κ2) is 6.69. The van der Waals surface area contributed by atoms with Crippen molar-refractivity contribution in [2.75, 3.05) is 18.5 Å². The van der Waals surface area contributed by atoms with Crippen molar-refractivity contribution < 1.29 is 24.5 Å². The number of anilines is 1. The van der Waals surface area contributed by atoms with Gasteiger partial charge in [0, 0.05) is 12.2 Å². The van der Waals surface area contributed by atoms with E-state index in [9.17, 15) is 14.7 Å². The molecule has 0 saturated heterocycles. The van der Waals surface area contributed by atoms with E-state index in [-0.39, 0.29) is 13.2 Å². The fraction of sp³-hybridized carbons (Fsp3) is 0.176. The van der Waals surface area contributed by atoms with E-state index in [4.69, 9.17) is 9.84 Å². The molecule has 1 aliphatic heterocycles. The lowest BCUT2D eigenvalue weighted by Crippen LogP contribution is -2.22. The van der Waals surface area contributed by atoms with E-state index in [0.29, 0.717) is 22.6 Å². The standard InChI is InChI=1S/C17H16N2O5/c20-9-11(21)8-18-10-1-3-12(4-2-10)24-13-5-6-14-15(7-13)17(23)19-16(14)22/h1-7,11,18,20-21H,8-9H2,(H,19,22,23). The van der Waals surface area contributed by atoms with E-state index in [1.165, 1.54) is 6.07 Å². The molecule has 7 nitrogen and oxygen atoms in total. The number of carbonyl (C=O) groups is 2. The highest BCUT2D eigenvalue weighted by molar-refractivity contribution is 6.21. The van der Waals surface area contributed by atoms with Gasteiger partial charge in [0.15, 0.2) is 0 Å². The van der Waals surface area contributed by atoms with Gasteiger partial charge in [-0.25, -0.2) is 0 Å². The molecule has 0 radical (unpaired) electrons. The number of amides is 2. The molecule has 2 amide bonds. The largest absolute Gasteiger partial charge is 0.457 e. The Balaban J connectivity index is 1.67. The summed E-state index contributed by atoms with van der Waals surface area (Å²) >= 11 is 0. The summed E-state index contributed by atoms with van der Waals surface area (Å²) in [4.78, 5) is 23.1. The molecular formula is C17H16N2O5. The quantitative estimate of drug-likeness (QED) is 0.592. The van der Waals surface area contributed by atoms with E-state index in [2.05, 4.69) is 10.6 Å². The SMILES string of the molecule is O=C1NC(=O)c2cc(Oc3ccc(NCC(O)CO)cc3)ccc21. The molecule has 0 aliphatic carbocycles. The maximum atomic E-state index is 11.6. The van der Waals surface area contributed by atoms with Gasteiger partial charge in [-0.15, -0.1) is 0 Å². The van der Waals surface area contributed by atoms with Crippen molar-refractivity contribution in [2.45, 2.75) is 6.10 Å². The number of nitrogens with one attached hydrogen (secondary N) is 2. The van der Waals surface area contributed by atoms with Crippen LogP contribution in [0.2, 0.25) is 0 Å². The zero-order valence-electron chi connectivity index (χ0n) is 12.7. The van der Waals surface area contributed by atoms with Crippen LogP contribution in [-0.2, 0) is 0 Å². The minimum absolute atomic E-state index is 0.241. The summed E-state index contributed by atoms with van der Waals surface area (Å²) in [6.07, 6.45) is -0.818. The Bertz CT molecular complexity index is 773. The number of imide groups is 1. The molecule has 0 bridgehead atoms. The molecule has 2 aromatic carbocycles. The lowest BCUT2D eigenvalue weighted by Gasteiger charge is -2.11. The molecule has 0 saturated carbocycles. The maximum absolute atomic E-state index is 11.6. The van der Waals surface area contributed by atoms with Crippen LogP contribution in [0.4, 0.5) is 5.69 Å². The molecule has 0 fully saturated rings. The van der Waals surface area contributed by atoms with E-state index in [1.54, 1.807) is 36.4 Å². The summed E-state index contributed by atoms with van der Waals surface area (Å²) in [5.41, 5.74) is 1.41. The van der Waals surface area contributed by atoms with Crippen molar-refractivity contribution in [3.05, 3.63) is 53.6 Å². The Hall–Kier alpha value is -2.90. The van der Waals surface area contributed by atoms with Crippen molar-refractivity contribution in [2.24, 2.45) is 0 Å². The molecular weight excluding hydrogens is 312 g/mol. The third-order valence-electron chi connectivity index (χ3n) is 3.55. The third-order valence-corrected chi connectivity index (χ3v) is 3.55. The topological polar surface area (TPSA) is 108 Å². The Morgan fingerprint density at radius 1 is 1.00 bits per heavy atom. The Morgan fingerprint density at radius 3 is 2.38 bits per heavy atom. The predicted molar refractivity (Wildman–Crippen MR) is 86.3 cm³/mol. The molecule has 0 aromatic heterocycles. The van der Waals surface area contributed by atoms with Gasteiger partial charge in [-0.05, 0) is 42.5 Å². The van der Waals surface area contributed by atoms with Gasteiger partial charge in [0.2, 0.25) is 0 Å². The van der Waals surface area contributed by atoms with Gasteiger partial charge in [0.1, 0.15) is 11.5 Å². The molecule has 7 heteroatoms. The van der Waals surface area contributed by atoms with Crippen LogP contribution in [0.25, 0.3) is 0 Å². The van der Waals surface area contributed by atoms with Gasteiger partial charge in [-0.2, -0.15) is 0 Å². The smallest absolute Gasteiger partial charge is 0.259 e. The number of carbonyl (C=O) groups excluding carboxylic acids is 2. The normalized spacial score (nSPS) is 14.1. The van der Waals surface area contributed by atoms with Gasteiger partial charge < -0.3 is 20.3 Å². The lowest BCUT2D eigenvalue weighted by atomic mass is 10.1. The second-order valence-electron chi connectivity index (χ2n) is 5.33. The summed E-state index contributed by atoms with van der Waals surface area (Å²) in [5.74, 6) is 0.187. The van der Waals surface area contributed by atoms with Crippen LogP contribution >= 0.6 is 0 Å². The number of hydrogen-bond acceptors (Lipinski definition) is 6. The molecule has 1 unspecified atom stereocenters. The zero-order valence-corrected chi connectivity index (χ0v) is 12.7. The highest BCUT2D eigenvalue weighted by Gasteiger charge is 2.26. The summed E-state index contributed by atoms with van der Waals surface area (Å²) < 4.78 is 5.68. The van der Waals surface area contributed by atoms with E-state index in [0.717, 1.165) is 5.69 Å². The Labute approximate surface area is 137 Å². The van der Waals surface area contributed by atoms with E-state index >= 15 is 0 Å². The van der Waals surface area contributed by atoms with E-state index < -0.39 is 17.9 Å². The molecule has 4 N–H and O–H groups in total. The van der Waals surface area contributed by atoms with Gasteiger partial charge in [-0.3, -0.25) is 14.9 Å². The van der Waals surface area contributed by atoms with E-state index in [1.807, 2.05) is 0 Å². The van der Waals surface area contributed by atoms with Gasteiger partial charge in [0.25, 0.3) is 11.8 Å². The number of ether oxygens (including phenoxy) is 1.